The number of halogens is 10. The number of alkyl halides is 9. The van der Waals surface area contributed by atoms with Gasteiger partial charge < -0.3 is 29.7 Å². The minimum Gasteiger partial charge on any atom is -0.542 e. The van der Waals surface area contributed by atoms with Crippen LogP contribution < -0.4 is 39.3 Å². The summed E-state index contributed by atoms with van der Waals surface area (Å²) in [5.41, 5.74) is 0. The third-order valence-electron chi connectivity index (χ3n) is 0.694. The Balaban J connectivity index is -0.000000108. The van der Waals surface area contributed by atoms with Crippen LogP contribution in [0.1, 0.15) is 0 Å². The Kier molecular flexibility index (Phi) is 13.4. The summed E-state index contributed by atoms with van der Waals surface area (Å²) in [5, 5.41) is 26.4. The lowest BCUT2D eigenvalue weighted by Gasteiger charge is -2.03. The third kappa shape index (κ3) is 20.8. The summed E-state index contributed by atoms with van der Waals surface area (Å²) in [4.78, 5) is 26.4. The van der Waals surface area contributed by atoms with Gasteiger partial charge in [0.1, 0.15) is 17.9 Å². The van der Waals surface area contributed by atoms with Crippen LogP contribution in [0.5, 0.6) is 0 Å². The topological polar surface area (TPSA) is 120 Å². The monoisotopic (exact) mass is 466 g/mol. The van der Waals surface area contributed by atoms with Gasteiger partial charge in [-0.15, -0.1) is 0 Å². The molecule has 0 saturated heterocycles. The summed E-state index contributed by atoms with van der Waals surface area (Å²) in [6.45, 7) is 0. The van der Waals surface area contributed by atoms with Gasteiger partial charge in [-0.3, -0.25) is 0 Å². The maximum absolute atomic E-state index is 10.5. The van der Waals surface area contributed by atoms with E-state index in [1.807, 2.05) is 0 Å². The summed E-state index contributed by atoms with van der Waals surface area (Å²) in [6, 6.07) is 0. The number of carboxylic acids is 3. The Labute approximate surface area is 130 Å². The van der Waals surface area contributed by atoms with Crippen molar-refractivity contribution in [2.24, 2.45) is 0 Å². The van der Waals surface area contributed by atoms with E-state index in [0.29, 0.717) is 0 Å². The molecule has 0 amide bonds. The number of carbonyl (C=O) groups is 3. The van der Waals surface area contributed by atoms with Gasteiger partial charge in [-0.25, -0.2) is 0 Å². The minimum atomic E-state index is -5.19. The van der Waals surface area contributed by atoms with Gasteiger partial charge in [0.25, 0.3) is 0 Å². The van der Waals surface area contributed by atoms with Gasteiger partial charge in [-0.1, -0.05) is 0 Å². The molecule has 0 spiro atoms. The lowest BCUT2D eigenvalue weighted by molar-refractivity contribution is -0.344. The first kappa shape index (κ1) is 28.6. The number of carboxylic acid groups (broad SMARTS) is 3. The van der Waals surface area contributed by atoms with Gasteiger partial charge in [-0.05, 0) is 0 Å². The summed E-state index contributed by atoms with van der Waals surface area (Å²) in [7, 11) is 0. The molecule has 4 radical (unpaired) electrons. The molecule has 0 bridgehead atoms. The van der Waals surface area contributed by atoms with Crippen LogP contribution in [0.3, 0.4) is 0 Å². The van der Waals surface area contributed by atoms with Gasteiger partial charge in [0.2, 0.25) is 0 Å². The summed E-state index contributed by atoms with van der Waals surface area (Å²) in [5.74, 6) is -9.02. The second-order valence-corrected chi connectivity index (χ2v) is 2.36. The van der Waals surface area contributed by atoms with Crippen LogP contribution >= 0.6 is 0 Å². The Hall–Kier alpha value is -1.49. The molecule has 130 valence electrons. The number of rotatable bonds is 0. The molecule has 0 aliphatic carbocycles. The highest BCUT2D eigenvalue weighted by Gasteiger charge is 3.00. The number of hydrogen-bond donors (Lipinski definition) is 0. The second-order valence-electron chi connectivity index (χ2n) is 2.36. The molecule has 0 fully saturated rings. The van der Waals surface area contributed by atoms with Crippen molar-refractivity contribution in [1.29, 1.82) is 0 Å². The van der Waals surface area contributed by atoms with E-state index in [0.717, 1.165) is 0 Å². The molecule has 0 aromatic heterocycles. The fourth-order valence-electron chi connectivity index (χ4n) is 0. The first-order valence-corrected chi connectivity index (χ1v) is 3.68. The number of hydrogen-bond acceptors (Lipinski definition) is 6. The molecule has 0 aliphatic heterocycles. The lowest BCUT2D eigenvalue weighted by Crippen LogP contribution is -3.00. The summed E-state index contributed by atoms with van der Waals surface area (Å²) >= 11 is 0. The molecule has 22 heavy (non-hydrogen) atoms. The second kappa shape index (κ2) is 10.3. The zero-order valence-electron chi connectivity index (χ0n) is 9.23. The average Bonchev–Trinajstić information content (AvgIpc) is 2.14. The molecule has 0 saturated carbocycles. The van der Waals surface area contributed by atoms with Crippen molar-refractivity contribution >= 4 is 17.9 Å². The van der Waals surface area contributed by atoms with E-state index in [4.69, 9.17) is 29.7 Å². The third-order valence-corrected chi connectivity index (χ3v) is 0.694. The van der Waals surface area contributed by atoms with E-state index in [1.54, 1.807) is 0 Å². The van der Waals surface area contributed by atoms with Crippen LogP contribution in [0.2, 0.25) is 0 Å². The SMILES string of the molecule is O=C([O-])C(F)(F)F.O=C([O-])C(F)(F)F.O=C([O-])C(F)(F)F.[I+3]. The van der Waals surface area contributed by atoms with Gasteiger partial charge in [-0.2, -0.15) is 39.5 Å². The largest absolute Gasteiger partial charge is 3.00 e. The molecule has 0 atom stereocenters. The molecule has 0 aromatic carbocycles. The maximum Gasteiger partial charge on any atom is 3.00 e. The Morgan fingerprint density at radius 1 is 0.500 bits per heavy atom. The Morgan fingerprint density at radius 2 is 0.545 bits per heavy atom. The highest BCUT2D eigenvalue weighted by atomic mass is 127. The van der Waals surface area contributed by atoms with Crippen molar-refractivity contribution in [2.75, 3.05) is 0 Å². The molecule has 0 N–H and O–H groups in total. The molecule has 16 heteroatoms. The molecule has 0 aliphatic rings. The quantitative estimate of drug-likeness (QED) is 0.261. The highest BCUT2D eigenvalue weighted by Crippen LogP contribution is 2.12. The zero-order chi connectivity index (χ0) is 18.2. The van der Waals surface area contributed by atoms with Crippen LogP contribution in [0.25, 0.3) is 0 Å². The summed E-state index contributed by atoms with van der Waals surface area (Å²) in [6.07, 6.45) is -15.6. The predicted octanol–water partition coefficient (Wildman–Crippen LogP) is -5.10. The van der Waals surface area contributed by atoms with Crippen LogP contribution in [-0.2, 0) is 14.4 Å². The van der Waals surface area contributed by atoms with Crippen molar-refractivity contribution in [3.8, 4) is 0 Å². The average molecular weight is 466 g/mol. The van der Waals surface area contributed by atoms with Crippen molar-refractivity contribution in [3.63, 3.8) is 0 Å². The molecular weight excluding hydrogens is 466 g/mol. The van der Waals surface area contributed by atoms with Crippen LogP contribution in [-0.4, -0.2) is 36.4 Å². The van der Waals surface area contributed by atoms with E-state index in [9.17, 15) is 39.5 Å². The van der Waals surface area contributed by atoms with E-state index in [-0.39, 0.29) is 24.0 Å². The standard InChI is InChI=1S/3C2HF3O2.I/c3*3-2(4,5)1(6)7;/h3*(H,6,7);/q;;;+3/p-3. The van der Waals surface area contributed by atoms with Crippen molar-refractivity contribution in [3.05, 3.63) is 0 Å². The van der Waals surface area contributed by atoms with E-state index >= 15 is 0 Å². The van der Waals surface area contributed by atoms with Crippen molar-refractivity contribution in [2.45, 2.75) is 18.5 Å². The smallest absolute Gasteiger partial charge is 0.542 e. The fourth-order valence-corrected chi connectivity index (χ4v) is 0. The minimum absolute atomic E-state index is 0. The zero-order valence-corrected chi connectivity index (χ0v) is 11.4. The lowest BCUT2D eigenvalue weighted by atomic mass is 10.7. The first-order chi connectivity index (χ1) is 8.83. The molecule has 0 aromatic rings. The van der Waals surface area contributed by atoms with E-state index in [1.165, 1.54) is 0 Å². The fraction of sp³-hybridized carbons (Fsp3) is 0.500. The molecule has 0 rings (SSSR count). The van der Waals surface area contributed by atoms with Gasteiger partial charge in [0.05, 0.1) is 0 Å². The summed E-state index contributed by atoms with van der Waals surface area (Å²) < 4.78 is 94.6. The van der Waals surface area contributed by atoms with Crippen molar-refractivity contribution < 1.29 is 93.2 Å². The van der Waals surface area contributed by atoms with E-state index < -0.39 is 36.4 Å². The van der Waals surface area contributed by atoms with Crippen LogP contribution in [0.15, 0.2) is 0 Å². The van der Waals surface area contributed by atoms with Gasteiger partial charge in [0, 0.05) is 0 Å². The van der Waals surface area contributed by atoms with Gasteiger partial charge in [0.15, 0.2) is 0 Å². The van der Waals surface area contributed by atoms with Gasteiger partial charge >= 0.3 is 42.5 Å². The molecular formula is C6F9IO6. The predicted molar refractivity (Wildman–Crippen MR) is 33.2 cm³/mol. The van der Waals surface area contributed by atoms with Crippen LogP contribution in [0, 0.1) is 0 Å². The Bertz CT molecular complexity index is 313. The first-order valence-electron chi connectivity index (χ1n) is 3.68. The Morgan fingerprint density at radius 3 is 0.545 bits per heavy atom. The number of carbonyl (C=O) groups excluding carboxylic acids is 3. The molecule has 6 nitrogen and oxygen atoms in total. The number of aliphatic carboxylic acids is 3. The maximum atomic E-state index is 10.5. The molecule has 0 heterocycles. The van der Waals surface area contributed by atoms with Crippen LogP contribution in [0.4, 0.5) is 39.5 Å². The van der Waals surface area contributed by atoms with E-state index in [2.05, 4.69) is 0 Å². The normalized spacial score (nSPS) is 10.8. The van der Waals surface area contributed by atoms with Crippen molar-refractivity contribution in [1.82, 2.24) is 0 Å². The highest BCUT2D eigenvalue weighted by molar-refractivity contribution is 5.71. The molecule has 0 unspecified atom stereocenters.